The van der Waals surface area contributed by atoms with E-state index >= 15 is 0 Å². The summed E-state index contributed by atoms with van der Waals surface area (Å²) in [6.45, 7) is 5.18. The van der Waals surface area contributed by atoms with Crippen LogP contribution < -0.4 is 20.7 Å². The van der Waals surface area contributed by atoms with E-state index in [1.807, 2.05) is 24.4 Å². The van der Waals surface area contributed by atoms with Gasteiger partial charge in [0.2, 0.25) is 5.95 Å². The van der Waals surface area contributed by atoms with Crippen molar-refractivity contribution in [3.8, 4) is 0 Å². The summed E-state index contributed by atoms with van der Waals surface area (Å²) in [7, 11) is 0. The molecule has 2 atom stereocenters. The van der Waals surface area contributed by atoms with Crippen LogP contribution in [0.5, 0.6) is 0 Å². The number of pyridine rings is 2. The molecule has 0 radical (unpaired) electrons. The van der Waals surface area contributed by atoms with Crippen LogP contribution in [-0.4, -0.2) is 55.6 Å². The van der Waals surface area contributed by atoms with Gasteiger partial charge in [-0.25, -0.2) is 9.97 Å². The average molecular weight is 580 g/mol. The highest BCUT2D eigenvalue weighted by Gasteiger charge is 2.40. The number of anilines is 4. The number of Topliss-reactive ketones (excluding diaryl/α,β-unsaturated/α-hetero) is 1. The van der Waals surface area contributed by atoms with Crippen molar-refractivity contribution >= 4 is 40.0 Å². The van der Waals surface area contributed by atoms with E-state index in [2.05, 4.69) is 43.3 Å². The Hall–Kier alpha value is -4.31. The van der Waals surface area contributed by atoms with Crippen LogP contribution in [0.25, 0.3) is 11.0 Å². The fourth-order valence-electron chi connectivity index (χ4n) is 7.38. The molecule has 1 aliphatic carbocycles. The molecule has 222 valence electrons. The minimum Gasteiger partial charge on any atom is -0.392 e. The Morgan fingerprint density at radius 1 is 0.930 bits per heavy atom. The molecule has 2 saturated heterocycles. The maximum absolute atomic E-state index is 13.5. The van der Waals surface area contributed by atoms with E-state index in [9.17, 15) is 14.7 Å². The molecule has 0 amide bonds. The molecule has 2 aliphatic heterocycles. The summed E-state index contributed by atoms with van der Waals surface area (Å²) in [5.74, 6) is 0.766. The van der Waals surface area contributed by atoms with Crippen LogP contribution in [0, 0.1) is 6.92 Å². The van der Waals surface area contributed by atoms with Crippen molar-refractivity contribution in [2.24, 2.45) is 0 Å². The first-order chi connectivity index (χ1) is 20.9. The van der Waals surface area contributed by atoms with Gasteiger partial charge in [0.15, 0.2) is 5.78 Å². The summed E-state index contributed by atoms with van der Waals surface area (Å²) < 4.78 is 1.73. The van der Waals surface area contributed by atoms with Gasteiger partial charge in [0.25, 0.3) is 5.56 Å². The van der Waals surface area contributed by atoms with Gasteiger partial charge in [-0.15, -0.1) is 0 Å². The van der Waals surface area contributed by atoms with Crippen molar-refractivity contribution in [1.82, 2.24) is 19.5 Å². The van der Waals surface area contributed by atoms with Crippen molar-refractivity contribution in [2.45, 2.75) is 77.1 Å². The summed E-state index contributed by atoms with van der Waals surface area (Å²) in [4.78, 5) is 44.9. The number of nitrogens with one attached hydrogen (secondary N) is 1. The maximum Gasteiger partial charge on any atom is 0.263 e. The number of carbonyl (C=O) groups excluding carboxylic acids is 1. The number of aromatic nitrogens is 4. The largest absolute Gasteiger partial charge is 0.392 e. The molecule has 2 unspecified atom stereocenters. The molecule has 7 rings (SSSR count). The number of hydrogen-bond acceptors (Lipinski definition) is 9. The number of hydrogen-bond donors (Lipinski definition) is 2. The van der Waals surface area contributed by atoms with E-state index in [0.717, 1.165) is 68.3 Å². The molecule has 5 heterocycles. The number of aryl methyl sites for hydroxylation is 1. The van der Waals surface area contributed by atoms with Gasteiger partial charge in [0.05, 0.1) is 24.1 Å². The van der Waals surface area contributed by atoms with Crippen LogP contribution >= 0.6 is 0 Å². The Labute approximate surface area is 250 Å². The van der Waals surface area contributed by atoms with Crippen LogP contribution in [0.15, 0.2) is 53.6 Å². The van der Waals surface area contributed by atoms with Gasteiger partial charge in [-0.05, 0) is 74.9 Å². The summed E-state index contributed by atoms with van der Waals surface area (Å²) in [5, 5.41) is 13.4. The van der Waals surface area contributed by atoms with Gasteiger partial charge >= 0.3 is 0 Å². The lowest BCUT2D eigenvalue weighted by Crippen LogP contribution is -2.54. The number of rotatable bonds is 7. The van der Waals surface area contributed by atoms with Crippen LogP contribution in [0.1, 0.15) is 73.0 Å². The highest BCUT2D eigenvalue weighted by atomic mass is 16.3. The molecular formula is C33H37N7O3. The van der Waals surface area contributed by atoms with Crippen LogP contribution in [0.2, 0.25) is 0 Å². The predicted octanol–water partition coefficient (Wildman–Crippen LogP) is 4.91. The molecule has 1 saturated carbocycles. The van der Waals surface area contributed by atoms with Crippen LogP contribution in [0.4, 0.5) is 23.1 Å². The van der Waals surface area contributed by atoms with E-state index in [1.165, 1.54) is 12.6 Å². The highest BCUT2D eigenvalue weighted by Crippen LogP contribution is 2.37. The Balaban J connectivity index is 1.11. The summed E-state index contributed by atoms with van der Waals surface area (Å²) in [6, 6.07) is 13.2. The number of piperazine rings is 1. The molecule has 4 aromatic rings. The molecule has 43 heavy (non-hydrogen) atoms. The van der Waals surface area contributed by atoms with E-state index in [-0.39, 0.29) is 29.6 Å². The number of carbonyl (C=O) groups is 1. The third-order valence-corrected chi connectivity index (χ3v) is 9.50. The molecule has 0 spiro atoms. The van der Waals surface area contributed by atoms with Gasteiger partial charge in [0, 0.05) is 48.5 Å². The maximum atomic E-state index is 13.5. The molecule has 3 aromatic heterocycles. The number of fused-ring (bicyclic) bond motifs is 3. The fraction of sp³-hybridized carbons (Fsp3) is 0.424. The first-order valence-electron chi connectivity index (χ1n) is 15.3. The molecule has 10 nitrogen and oxygen atoms in total. The number of aliphatic hydroxyl groups excluding tert-OH is 1. The number of aliphatic hydroxyl groups is 1. The monoisotopic (exact) mass is 579 g/mol. The summed E-state index contributed by atoms with van der Waals surface area (Å²) in [5.41, 5.74) is 4.41. The zero-order valence-corrected chi connectivity index (χ0v) is 24.7. The Kier molecular flexibility index (Phi) is 7.09. The smallest absolute Gasteiger partial charge is 0.263 e. The van der Waals surface area contributed by atoms with E-state index in [4.69, 9.17) is 4.98 Å². The molecular weight excluding hydrogens is 542 g/mol. The van der Waals surface area contributed by atoms with Gasteiger partial charge in [-0.1, -0.05) is 25.0 Å². The molecule has 2 bridgehead atoms. The molecule has 3 fully saturated rings. The van der Waals surface area contributed by atoms with Gasteiger partial charge < -0.3 is 20.2 Å². The second-order valence-electron chi connectivity index (χ2n) is 12.1. The molecule has 3 aliphatic rings. The zero-order valence-electron chi connectivity index (χ0n) is 24.7. The van der Waals surface area contributed by atoms with E-state index < -0.39 is 0 Å². The second kappa shape index (κ2) is 11.1. The van der Waals surface area contributed by atoms with Crippen molar-refractivity contribution in [3.05, 3.63) is 75.8 Å². The third kappa shape index (κ3) is 4.93. The van der Waals surface area contributed by atoms with Crippen molar-refractivity contribution in [1.29, 1.82) is 0 Å². The standard InChI is InChI=1S/C33H37N7O3/c1-20-28-16-35-33(37-31(28)40(23-5-3-4-6-23)32(43)30(20)21(2)42)36-29-14-13-25(15-34-29)38-17-26-11-12-27(18-38)39(26)24-9-7-22(19-41)8-10-24/h7-10,13-16,23,26-27,41H,3-6,11-12,17-19H2,1-2H3,(H,34,35,36,37). The molecule has 2 N–H and O–H groups in total. The van der Waals surface area contributed by atoms with Gasteiger partial charge in [-0.3, -0.25) is 14.2 Å². The number of ketones is 1. The Morgan fingerprint density at radius 2 is 1.63 bits per heavy atom. The van der Waals surface area contributed by atoms with Crippen LogP contribution in [0.3, 0.4) is 0 Å². The van der Waals surface area contributed by atoms with E-state index in [1.54, 1.807) is 17.7 Å². The SMILES string of the molecule is CC(=O)c1c(C)c2cnc(Nc3ccc(N4CC5CCC(C4)N5c4ccc(CO)cc4)cn3)nc2n(C2CCCC2)c1=O. The lowest BCUT2D eigenvalue weighted by Gasteiger charge is -2.43. The zero-order chi connectivity index (χ0) is 29.7. The van der Waals surface area contributed by atoms with Crippen LogP contribution in [-0.2, 0) is 6.61 Å². The Morgan fingerprint density at radius 3 is 2.26 bits per heavy atom. The van der Waals surface area contributed by atoms with Gasteiger partial charge in [0.1, 0.15) is 11.5 Å². The number of nitrogens with zero attached hydrogens (tertiary/aromatic N) is 6. The first-order valence-corrected chi connectivity index (χ1v) is 15.3. The van der Waals surface area contributed by atoms with E-state index in [0.29, 0.717) is 35.1 Å². The highest BCUT2D eigenvalue weighted by molar-refractivity contribution is 5.99. The summed E-state index contributed by atoms with van der Waals surface area (Å²) >= 11 is 0. The fourth-order valence-corrected chi connectivity index (χ4v) is 7.38. The summed E-state index contributed by atoms with van der Waals surface area (Å²) in [6.07, 6.45) is 9.84. The van der Waals surface area contributed by atoms with Crippen molar-refractivity contribution < 1.29 is 9.90 Å². The molecule has 1 aromatic carbocycles. The molecule has 10 heteroatoms. The number of benzene rings is 1. The Bertz CT molecular complexity index is 1720. The normalized spacial score (nSPS) is 20.3. The third-order valence-electron chi connectivity index (χ3n) is 9.50. The van der Waals surface area contributed by atoms with Gasteiger partial charge in [-0.2, -0.15) is 4.98 Å². The lowest BCUT2D eigenvalue weighted by atomic mass is 10.0. The minimum atomic E-state index is -0.257. The topological polar surface area (TPSA) is 116 Å². The second-order valence-corrected chi connectivity index (χ2v) is 12.1. The predicted molar refractivity (Wildman–Crippen MR) is 167 cm³/mol. The van der Waals surface area contributed by atoms with Crippen molar-refractivity contribution in [2.75, 3.05) is 28.2 Å². The van der Waals surface area contributed by atoms with Crippen molar-refractivity contribution in [3.63, 3.8) is 0 Å². The minimum absolute atomic E-state index is 0.0320. The first kappa shape index (κ1) is 27.5. The quantitative estimate of drug-likeness (QED) is 0.295. The average Bonchev–Trinajstić information content (AvgIpc) is 3.63. The lowest BCUT2D eigenvalue weighted by molar-refractivity contribution is 0.101.